The first-order chi connectivity index (χ1) is 9.24. The Kier molecular flexibility index (Phi) is 5.23. The van der Waals surface area contributed by atoms with Crippen molar-refractivity contribution in [3.05, 3.63) is 29.8 Å². The summed E-state index contributed by atoms with van der Waals surface area (Å²) >= 11 is 0. The van der Waals surface area contributed by atoms with Gasteiger partial charge in [0.25, 0.3) is 0 Å². The monoisotopic (exact) mass is 263 g/mol. The fraction of sp³-hybridized carbons (Fsp3) is 0.625. The molecule has 0 aromatic heterocycles. The lowest BCUT2D eigenvalue weighted by Crippen LogP contribution is -2.42. The van der Waals surface area contributed by atoms with Gasteiger partial charge in [-0.25, -0.2) is 0 Å². The van der Waals surface area contributed by atoms with Crippen molar-refractivity contribution in [1.82, 2.24) is 5.32 Å². The summed E-state index contributed by atoms with van der Waals surface area (Å²) in [6.45, 7) is 5.89. The molecule has 106 valence electrons. The fourth-order valence-electron chi connectivity index (χ4n) is 2.80. The molecule has 1 heterocycles. The van der Waals surface area contributed by atoms with Crippen LogP contribution in [0.2, 0.25) is 0 Å². The zero-order valence-corrected chi connectivity index (χ0v) is 11.9. The average molecular weight is 263 g/mol. The van der Waals surface area contributed by atoms with Crippen molar-refractivity contribution in [2.45, 2.75) is 45.3 Å². The summed E-state index contributed by atoms with van der Waals surface area (Å²) in [5, 5.41) is 13.9. The summed E-state index contributed by atoms with van der Waals surface area (Å²) in [5.41, 5.74) is 0.970. The van der Waals surface area contributed by atoms with Crippen molar-refractivity contribution < 1.29 is 9.84 Å². The lowest BCUT2D eigenvalue weighted by atomic mass is 9.86. The van der Waals surface area contributed by atoms with Gasteiger partial charge in [-0.1, -0.05) is 25.5 Å². The van der Waals surface area contributed by atoms with Gasteiger partial charge in [0.1, 0.15) is 5.75 Å². The molecule has 0 spiro atoms. The fourth-order valence-corrected chi connectivity index (χ4v) is 2.80. The second-order valence-electron chi connectivity index (χ2n) is 5.31. The molecule has 1 aliphatic rings. The Balaban J connectivity index is 1.99. The van der Waals surface area contributed by atoms with E-state index in [0.29, 0.717) is 6.61 Å². The maximum Gasteiger partial charge on any atom is 0.119 e. The van der Waals surface area contributed by atoms with Gasteiger partial charge < -0.3 is 15.2 Å². The molecule has 0 radical (unpaired) electrons. The van der Waals surface area contributed by atoms with Gasteiger partial charge in [0.05, 0.1) is 12.7 Å². The first-order valence-electron chi connectivity index (χ1n) is 7.38. The predicted molar refractivity (Wildman–Crippen MR) is 77.4 cm³/mol. The molecular formula is C16H25NO2. The number of hydrogen-bond acceptors (Lipinski definition) is 3. The molecule has 19 heavy (non-hydrogen) atoms. The van der Waals surface area contributed by atoms with Crippen molar-refractivity contribution >= 4 is 0 Å². The summed E-state index contributed by atoms with van der Waals surface area (Å²) in [5.74, 6) is 1.60. The molecule has 3 heteroatoms. The smallest absolute Gasteiger partial charge is 0.119 e. The van der Waals surface area contributed by atoms with Gasteiger partial charge in [-0.2, -0.15) is 0 Å². The third-order valence-electron chi connectivity index (χ3n) is 4.04. The maximum atomic E-state index is 10.5. The molecular weight excluding hydrogens is 238 g/mol. The van der Waals surface area contributed by atoms with E-state index in [9.17, 15) is 5.11 Å². The van der Waals surface area contributed by atoms with E-state index in [2.05, 4.69) is 12.2 Å². The first-order valence-corrected chi connectivity index (χ1v) is 7.38. The van der Waals surface area contributed by atoms with Crippen LogP contribution in [-0.4, -0.2) is 24.3 Å². The lowest BCUT2D eigenvalue weighted by molar-refractivity contribution is 0.0978. The number of aliphatic hydroxyl groups excluding tert-OH is 1. The van der Waals surface area contributed by atoms with Gasteiger partial charge >= 0.3 is 0 Å². The number of hydrogen-bond donors (Lipinski definition) is 2. The minimum absolute atomic E-state index is 0.177. The van der Waals surface area contributed by atoms with Crippen LogP contribution in [0.3, 0.4) is 0 Å². The van der Waals surface area contributed by atoms with Crippen molar-refractivity contribution in [1.29, 1.82) is 0 Å². The van der Waals surface area contributed by atoms with Crippen molar-refractivity contribution in [3.8, 4) is 5.75 Å². The molecule has 0 amide bonds. The average Bonchev–Trinajstić information content (AvgIpc) is 2.48. The maximum absolute atomic E-state index is 10.5. The zero-order chi connectivity index (χ0) is 13.7. The number of benzene rings is 1. The normalized spacial score (nSPS) is 25.0. The van der Waals surface area contributed by atoms with E-state index in [4.69, 9.17) is 4.74 Å². The summed E-state index contributed by atoms with van der Waals surface area (Å²) in [6.07, 6.45) is 3.06. The van der Waals surface area contributed by atoms with Crippen LogP contribution >= 0.6 is 0 Å². The molecule has 0 aliphatic carbocycles. The molecule has 2 N–H and O–H groups in total. The number of piperidine rings is 1. The van der Waals surface area contributed by atoms with Crippen LogP contribution < -0.4 is 10.1 Å². The molecule has 1 saturated heterocycles. The van der Waals surface area contributed by atoms with Crippen molar-refractivity contribution in [2.75, 3.05) is 13.2 Å². The highest BCUT2D eigenvalue weighted by Gasteiger charge is 2.26. The largest absolute Gasteiger partial charge is 0.494 e. The van der Waals surface area contributed by atoms with Gasteiger partial charge in [-0.05, 0) is 49.9 Å². The minimum Gasteiger partial charge on any atom is -0.494 e. The second-order valence-corrected chi connectivity index (χ2v) is 5.31. The Hall–Kier alpha value is -1.06. The Labute approximate surface area is 116 Å². The Morgan fingerprint density at radius 3 is 2.68 bits per heavy atom. The van der Waals surface area contributed by atoms with E-state index < -0.39 is 6.10 Å². The highest BCUT2D eigenvalue weighted by atomic mass is 16.5. The van der Waals surface area contributed by atoms with E-state index in [1.807, 2.05) is 31.2 Å². The van der Waals surface area contributed by atoms with Gasteiger partial charge in [0.15, 0.2) is 0 Å². The molecule has 2 rings (SSSR count). The van der Waals surface area contributed by atoms with Crippen LogP contribution in [0.15, 0.2) is 24.3 Å². The van der Waals surface area contributed by atoms with Gasteiger partial charge in [-0.3, -0.25) is 0 Å². The van der Waals surface area contributed by atoms with Crippen LogP contribution in [0.5, 0.6) is 5.75 Å². The number of aliphatic hydroxyl groups is 1. The second kappa shape index (κ2) is 6.92. The molecule has 1 fully saturated rings. The van der Waals surface area contributed by atoms with Crippen LogP contribution in [-0.2, 0) is 0 Å². The molecule has 3 atom stereocenters. The van der Waals surface area contributed by atoms with Gasteiger partial charge in [-0.15, -0.1) is 0 Å². The molecule has 3 nitrogen and oxygen atoms in total. The summed E-state index contributed by atoms with van der Waals surface area (Å²) in [6, 6.07) is 7.97. The van der Waals surface area contributed by atoms with E-state index >= 15 is 0 Å². The molecule has 1 aromatic carbocycles. The summed E-state index contributed by atoms with van der Waals surface area (Å²) < 4.78 is 5.42. The molecule has 0 saturated carbocycles. The third-order valence-corrected chi connectivity index (χ3v) is 4.04. The van der Waals surface area contributed by atoms with E-state index in [-0.39, 0.29) is 6.04 Å². The van der Waals surface area contributed by atoms with E-state index in [1.165, 1.54) is 12.8 Å². The Bertz CT molecular complexity index is 377. The Morgan fingerprint density at radius 1 is 1.32 bits per heavy atom. The standard InChI is InChI=1S/C16H25NO2/c1-3-12-9-10-17-15(11-12)16(18)13-5-7-14(8-6-13)19-4-2/h5-8,12,15-18H,3-4,9-11H2,1-2H3. The first kappa shape index (κ1) is 14.4. The van der Waals surface area contributed by atoms with Gasteiger partial charge in [0.2, 0.25) is 0 Å². The number of nitrogens with one attached hydrogen (secondary N) is 1. The van der Waals surface area contributed by atoms with Crippen LogP contribution in [0.4, 0.5) is 0 Å². The molecule has 0 bridgehead atoms. The highest BCUT2D eigenvalue weighted by Crippen LogP contribution is 2.28. The van der Waals surface area contributed by atoms with Gasteiger partial charge in [0, 0.05) is 6.04 Å². The van der Waals surface area contributed by atoms with Crippen molar-refractivity contribution in [2.24, 2.45) is 5.92 Å². The lowest BCUT2D eigenvalue weighted by Gasteiger charge is -2.33. The molecule has 1 aliphatic heterocycles. The highest BCUT2D eigenvalue weighted by molar-refractivity contribution is 5.29. The zero-order valence-electron chi connectivity index (χ0n) is 11.9. The number of ether oxygens (including phenoxy) is 1. The minimum atomic E-state index is -0.426. The quantitative estimate of drug-likeness (QED) is 0.858. The van der Waals surface area contributed by atoms with Crippen LogP contribution in [0, 0.1) is 5.92 Å². The molecule has 3 unspecified atom stereocenters. The van der Waals surface area contributed by atoms with E-state index in [0.717, 1.165) is 30.2 Å². The predicted octanol–water partition coefficient (Wildman–Crippen LogP) is 2.90. The Morgan fingerprint density at radius 2 is 2.05 bits per heavy atom. The van der Waals surface area contributed by atoms with Crippen LogP contribution in [0.25, 0.3) is 0 Å². The number of rotatable bonds is 5. The summed E-state index contributed by atoms with van der Waals surface area (Å²) in [4.78, 5) is 0. The third kappa shape index (κ3) is 3.71. The topological polar surface area (TPSA) is 41.5 Å². The van der Waals surface area contributed by atoms with Crippen LogP contribution in [0.1, 0.15) is 44.8 Å². The SMILES string of the molecule is CCOc1ccc(C(O)C2CC(CC)CCN2)cc1. The van der Waals surface area contributed by atoms with Crippen molar-refractivity contribution in [3.63, 3.8) is 0 Å². The summed E-state index contributed by atoms with van der Waals surface area (Å²) in [7, 11) is 0. The molecule has 1 aromatic rings. The van der Waals surface area contributed by atoms with E-state index in [1.54, 1.807) is 0 Å².